The van der Waals surface area contributed by atoms with E-state index in [4.69, 9.17) is 0 Å². The number of carbonyl (C=O) groups excluding carboxylic acids is 1. The van der Waals surface area contributed by atoms with Crippen molar-refractivity contribution in [1.29, 1.82) is 0 Å². The molecule has 2 nitrogen and oxygen atoms in total. The summed E-state index contributed by atoms with van der Waals surface area (Å²) in [6.07, 6.45) is 5.58. The molecule has 0 unspecified atom stereocenters. The largest absolute Gasteiger partial charge is 0.466 e. The van der Waals surface area contributed by atoms with Crippen molar-refractivity contribution >= 4 is 22.8 Å². The molecule has 0 atom stereocenters. The van der Waals surface area contributed by atoms with Crippen LogP contribution in [0, 0.1) is 0 Å². The molecule has 0 aliphatic rings. The number of esters is 1. The Morgan fingerprint density at radius 1 is 1.11 bits per heavy atom. The Balaban J connectivity index is 2.19. The lowest BCUT2D eigenvalue weighted by Gasteiger charge is -1.99. The second-order valence-corrected chi connectivity index (χ2v) is 4.31. The fraction of sp³-hybridized carbons (Fsp3) is 0.118. The second kappa shape index (κ2) is 6.01. The molecule has 0 spiro atoms. The van der Waals surface area contributed by atoms with Gasteiger partial charge in [0.15, 0.2) is 0 Å². The van der Waals surface area contributed by atoms with E-state index in [1.54, 1.807) is 13.0 Å². The third-order valence-electron chi connectivity index (χ3n) is 2.92. The second-order valence-electron chi connectivity index (χ2n) is 4.31. The van der Waals surface area contributed by atoms with Crippen LogP contribution in [-0.4, -0.2) is 13.1 Å². The van der Waals surface area contributed by atoms with Crippen LogP contribution in [0.2, 0.25) is 0 Å². The van der Waals surface area contributed by atoms with Gasteiger partial charge in [-0.25, -0.2) is 4.79 Å². The summed E-state index contributed by atoms with van der Waals surface area (Å²) in [5.41, 5.74) is 1.69. The fourth-order valence-electron chi connectivity index (χ4n) is 1.84. The zero-order valence-electron chi connectivity index (χ0n) is 11.1. The number of methoxy groups -OCH3 is 1. The van der Waals surface area contributed by atoms with Gasteiger partial charge >= 0.3 is 5.97 Å². The van der Waals surface area contributed by atoms with Crippen LogP contribution in [0.5, 0.6) is 0 Å². The van der Waals surface area contributed by atoms with Crippen LogP contribution in [0.1, 0.15) is 12.5 Å². The molecule has 0 fully saturated rings. The highest BCUT2D eigenvalue weighted by atomic mass is 16.5. The molecule has 19 heavy (non-hydrogen) atoms. The van der Waals surface area contributed by atoms with Gasteiger partial charge in [0.25, 0.3) is 0 Å². The molecular formula is C17H16O2. The Labute approximate surface area is 113 Å². The minimum Gasteiger partial charge on any atom is -0.466 e. The van der Waals surface area contributed by atoms with E-state index in [0.29, 0.717) is 5.57 Å². The minimum atomic E-state index is -0.303. The van der Waals surface area contributed by atoms with Gasteiger partial charge in [0, 0.05) is 5.57 Å². The highest BCUT2D eigenvalue weighted by Crippen LogP contribution is 2.16. The fourth-order valence-corrected chi connectivity index (χ4v) is 1.84. The van der Waals surface area contributed by atoms with E-state index >= 15 is 0 Å². The maximum atomic E-state index is 11.2. The summed E-state index contributed by atoms with van der Waals surface area (Å²) < 4.78 is 4.63. The normalized spacial score (nSPS) is 12.0. The lowest BCUT2D eigenvalue weighted by Crippen LogP contribution is -2.00. The van der Waals surface area contributed by atoms with Crippen molar-refractivity contribution in [2.75, 3.05) is 7.11 Å². The van der Waals surface area contributed by atoms with Crippen LogP contribution in [-0.2, 0) is 9.53 Å². The van der Waals surface area contributed by atoms with Gasteiger partial charge in [-0.2, -0.15) is 0 Å². The van der Waals surface area contributed by atoms with Crippen molar-refractivity contribution in [3.05, 3.63) is 65.8 Å². The van der Waals surface area contributed by atoms with Gasteiger partial charge in [-0.3, -0.25) is 0 Å². The average Bonchev–Trinajstić information content (AvgIpc) is 2.46. The number of hydrogen-bond donors (Lipinski definition) is 0. The summed E-state index contributed by atoms with van der Waals surface area (Å²) in [4.78, 5) is 11.2. The van der Waals surface area contributed by atoms with Crippen LogP contribution in [0.3, 0.4) is 0 Å². The average molecular weight is 252 g/mol. The van der Waals surface area contributed by atoms with Gasteiger partial charge in [0.1, 0.15) is 0 Å². The van der Waals surface area contributed by atoms with Gasteiger partial charge in [0.05, 0.1) is 7.11 Å². The predicted molar refractivity (Wildman–Crippen MR) is 78.8 cm³/mol. The van der Waals surface area contributed by atoms with E-state index in [2.05, 4.69) is 35.1 Å². The molecule has 2 heteroatoms. The minimum absolute atomic E-state index is 0.303. The highest BCUT2D eigenvalue weighted by Gasteiger charge is 1.99. The molecule has 0 amide bonds. The third-order valence-corrected chi connectivity index (χ3v) is 2.92. The van der Waals surface area contributed by atoms with Gasteiger partial charge in [-0.05, 0) is 29.3 Å². The van der Waals surface area contributed by atoms with E-state index in [-0.39, 0.29) is 5.97 Å². The van der Waals surface area contributed by atoms with E-state index in [1.807, 2.05) is 24.3 Å². The number of fused-ring (bicyclic) bond motifs is 1. The van der Waals surface area contributed by atoms with E-state index in [0.717, 1.165) is 5.56 Å². The molecule has 0 radical (unpaired) electrons. The number of benzene rings is 2. The molecule has 0 saturated heterocycles. The first-order chi connectivity index (χ1) is 9.20. The standard InChI is InChI=1S/C17H16O2/c1-13(17(18)19-2)6-5-7-14-10-11-15-8-3-4-9-16(15)12-14/h3-12H,1-2H3/b7-5+,13-6-. The number of allylic oxidation sites excluding steroid dienone is 2. The number of carbonyl (C=O) groups is 1. The molecule has 2 aromatic carbocycles. The van der Waals surface area contributed by atoms with Gasteiger partial charge in [-0.15, -0.1) is 0 Å². The number of hydrogen-bond acceptors (Lipinski definition) is 2. The van der Waals surface area contributed by atoms with Crippen LogP contribution in [0.15, 0.2) is 60.2 Å². The summed E-state index contributed by atoms with van der Waals surface area (Å²) in [5.74, 6) is -0.303. The Kier molecular flexibility index (Phi) is 4.14. The topological polar surface area (TPSA) is 26.3 Å². The SMILES string of the molecule is COC(=O)/C(C)=C\C=C\c1ccc2ccccc2c1. The van der Waals surface area contributed by atoms with Crippen LogP contribution in [0.25, 0.3) is 16.8 Å². The van der Waals surface area contributed by atoms with Crippen molar-refractivity contribution < 1.29 is 9.53 Å². The molecular weight excluding hydrogens is 236 g/mol. The summed E-state index contributed by atoms with van der Waals surface area (Å²) >= 11 is 0. The molecule has 0 N–H and O–H groups in total. The maximum absolute atomic E-state index is 11.2. The first-order valence-electron chi connectivity index (χ1n) is 6.13. The summed E-state index contributed by atoms with van der Waals surface area (Å²) in [6.45, 7) is 1.73. The van der Waals surface area contributed by atoms with Crippen molar-refractivity contribution in [2.45, 2.75) is 6.92 Å². The van der Waals surface area contributed by atoms with E-state index in [9.17, 15) is 4.79 Å². The lowest BCUT2D eigenvalue weighted by molar-refractivity contribution is -0.136. The van der Waals surface area contributed by atoms with Crippen molar-refractivity contribution in [2.24, 2.45) is 0 Å². The van der Waals surface area contributed by atoms with Gasteiger partial charge < -0.3 is 4.74 Å². The summed E-state index contributed by atoms with van der Waals surface area (Å²) in [6, 6.07) is 14.5. The molecule has 2 aromatic rings. The maximum Gasteiger partial charge on any atom is 0.333 e. The van der Waals surface area contributed by atoms with Crippen LogP contribution in [0.4, 0.5) is 0 Å². The van der Waals surface area contributed by atoms with Gasteiger partial charge in [-0.1, -0.05) is 54.6 Å². The summed E-state index contributed by atoms with van der Waals surface area (Å²) in [5, 5.41) is 2.43. The Morgan fingerprint density at radius 2 is 1.84 bits per heavy atom. The highest BCUT2D eigenvalue weighted by molar-refractivity contribution is 5.88. The van der Waals surface area contributed by atoms with Crippen molar-refractivity contribution in [3.8, 4) is 0 Å². The Hall–Kier alpha value is -2.35. The molecule has 0 saturated carbocycles. The molecule has 0 aromatic heterocycles. The first-order valence-corrected chi connectivity index (χ1v) is 6.13. The monoisotopic (exact) mass is 252 g/mol. The molecule has 0 aliphatic heterocycles. The molecule has 96 valence electrons. The zero-order valence-corrected chi connectivity index (χ0v) is 11.1. The molecule has 0 heterocycles. The Bertz CT molecular complexity index is 651. The summed E-state index contributed by atoms with van der Waals surface area (Å²) in [7, 11) is 1.38. The first kappa shape index (κ1) is 13.1. The zero-order chi connectivity index (χ0) is 13.7. The number of ether oxygens (including phenoxy) is 1. The molecule has 0 bridgehead atoms. The predicted octanol–water partition coefficient (Wildman–Crippen LogP) is 3.97. The number of rotatable bonds is 3. The smallest absolute Gasteiger partial charge is 0.333 e. The lowest BCUT2D eigenvalue weighted by atomic mass is 10.1. The Morgan fingerprint density at radius 3 is 2.58 bits per heavy atom. The van der Waals surface area contributed by atoms with E-state index in [1.165, 1.54) is 17.9 Å². The molecule has 0 aliphatic carbocycles. The van der Waals surface area contributed by atoms with E-state index < -0.39 is 0 Å². The quantitative estimate of drug-likeness (QED) is 0.469. The van der Waals surface area contributed by atoms with Gasteiger partial charge in [0.2, 0.25) is 0 Å². The molecule has 2 rings (SSSR count). The van der Waals surface area contributed by atoms with Crippen molar-refractivity contribution in [3.63, 3.8) is 0 Å². The third kappa shape index (κ3) is 3.32. The van der Waals surface area contributed by atoms with Crippen LogP contribution >= 0.6 is 0 Å². The van der Waals surface area contributed by atoms with Crippen LogP contribution < -0.4 is 0 Å². The van der Waals surface area contributed by atoms with Crippen molar-refractivity contribution in [1.82, 2.24) is 0 Å².